The standard InChI is InChI=1S/C17H13F3N2/c18-17(19,20)16(13-6-2-1-3-7-13)22-14-10-4-8-12-9-5-11-21-15(12)14/h1-11,16,22H. The van der Waals surface area contributed by atoms with Gasteiger partial charge in [-0.25, -0.2) is 0 Å². The largest absolute Gasteiger partial charge is 0.412 e. The van der Waals surface area contributed by atoms with Crippen molar-refractivity contribution >= 4 is 16.6 Å². The number of nitrogens with one attached hydrogen (secondary N) is 1. The van der Waals surface area contributed by atoms with E-state index in [1.165, 1.54) is 12.1 Å². The van der Waals surface area contributed by atoms with Crippen molar-refractivity contribution in [2.45, 2.75) is 12.2 Å². The van der Waals surface area contributed by atoms with Gasteiger partial charge in [-0.15, -0.1) is 0 Å². The number of alkyl halides is 3. The molecule has 2 aromatic carbocycles. The minimum absolute atomic E-state index is 0.169. The third-order valence-electron chi connectivity index (χ3n) is 3.39. The molecule has 0 fully saturated rings. The summed E-state index contributed by atoms with van der Waals surface area (Å²) >= 11 is 0. The van der Waals surface area contributed by atoms with E-state index in [4.69, 9.17) is 0 Å². The molecule has 5 heteroatoms. The number of nitrogens with zero attached hydrogens (tertiary/aromatic N) is 1. The van der Waals surface area contributed by atoms with Crippen molar-refractivity contribution in [3.8, 4) is 0 Å². The van der Waals surface area contributed by atoms with Gasteiger partial charge >= 0.3 is 6.18 Å². The van der Waals surface area contributed by atoms with E-state index in [0.29, 0.717) is 11.2 Å². The number of anilines is 1. The number of aromatic nitrogens is 1. The molecule has 0 saturated carbocycles. The number of benzene rings is 2. The van der Waals surface area contributed by atoms with E-state index in [1.54, 1.807) is 42.6 Å². The van der Waals surface area contributed by atoms with Crippen molar-refractivity contribution in [2.75, 3.05) is 5.32 Å². The van der Waals surface area contributed by atoms with E-state index in [1.807, 2.05) is 12.1 Å². The predicted octanol–water partition coefficient (Wildman–Crippen LogP) is 4.95. The van der Waals surface area contributed by atoms with Gasteiger partial charge in [0.15, 0.2) is 0 Å². The summed E-state index contributed by atoms with van der Waals surface area (Å²) in [5, 5.41) is 3.38. The topological polar surface area (TPSA) is 24.9 Å². The summed E-state index contributed by atoms with van der Waals surface area (Å²) in [7, 11) is 0. The zero-order valence-electron chi connectivity index (χ0n) is 11.5. The second-order valence-corrected chi connectivity index (χ2v) is 4.91. The lowest BCUT2D eigenvalue weighted by molar-refractivity contribution is -0.143. The molecule has 2 nitrogen and oxygen atoms in total. The van der Waals surface area contributed by atoms with Crippen LogP contribution in [0.3, 0.4) is 0 Å². The van der Waals surface area contributed by atoms with Crippen molar-refractivity contribution < 1.29 is 13.2 Å². The fraction of sp³-hybridized carbons (Fsp3) is 0.118. The normalized spacial score (nSPS) is 13.0. The van der Waals surface area contributed by atoms with Crippen molar-refractivity contribution in [3.05, 3.63) is 72.4 Å². The molecule has 1 unspecified atom stereocenters. The number of hydrogen-bond acceptors (Lipinski definition) is 2. The SMILES string of the molecule is FC(F)(F)C(Nc1cccc2cccnc12)c1ccccc1. The molecule has 0 aliphatic heterocycles. The van der Waals surface area contributed by atoms with Crippen molar-refractivity contribution in [3.63, 3.8) is 0 Å². The van der Waals surface area contributed by atoms with E-state index in [-0.39, 0.29) is 5.56 Å². The third-order valence-corrected chi connectivity index (χ3v) is 3.39. The van der Waals surface area contributed by atoms with Crippen LogP contribution in [0.5, 0.6) is 0 Å². The molecule has 0 bridgehead atoms. The number of halogens is 3. The molecular formula is C17H13F3N2. The van der Waals surface area contributed by atoms with Gasteiger partial charge in [-0.1, -0.05) is 48.5 Å². The first-order chi connectivity index (χ1) is 10.6. The van der Waals surface area contributed by atoms with Gasteiger partial charge in [0.1, 0.15) is 6.04 Å². The number of rotatable bonds is 3. The molecule has 1 atom stereocenters. The van der Waals surface area contributed by atoms with Crippen LogP contribution in [0.4, 0.5) is 18.9 Å². The Hall–Kier alpha value is -2.56. The summed E-state index contributed by atoms with van der Waals surface area (Å²) in [6.45, 7) is 0. The zero-order valence-corrected chi connectivity index (χ0v) is 11.5. The minimum atomic E-state index is -4.40. The van der Waals surface area contributed by atoms with Gasteiger partial charge < -0.3 is 5.32 Å². The average Bonchev–Trinajstić information content (AvgIpc) is 2.52. The predicted molar refractivity (Wildman–Crippen MR) is 80.6 cm³/mol. The lowest BCUT2D eigenvalue weighted by atomic mass is 10.1. The molecule has 1 heterocycles. The molecule has 0 radical (unpaired) electrons. The molecule has 3 rings (SSSR count). The van der Waals surface area contributed by atoms with Gasteiger partial charge in [0.05, 0.1) is 11.2 Å². The number of para-hydroxylation sites is 1. The first kappa shape index (κ1) is 14.4. The Kier molecular flexibility index (Phi) is 3.71. The maximum atomic E-state index is 13.4. The van der Waals surface area contributed by atoms with Crippen LogP contribution in [0.15, 0.2) is 66.9 Å². The smallest absolute Gasteiger partial charge is 0.369 e. The van der Waals surface area contributed by atoms with Crippen LogP contribution in [0.2, 0.25) is 0 Å². The molecule has 0 spiro atoms. The lowest BCUT2D eigenvalue weighted by Crippen LogP contribution is -2.28. The Morgan fingerprint density at radius 3 is 2.32 bits per heavy atom. The molecule has 0 aliphatic rings. The van der Waals surface area contributed by atoms with Crippen LogP contribution in [0.25, 0.3) is 10.9 Å². The molecule has 112 valence electrons. The summed E-state index contributed by atoms with van der Waals surface area (Å²) < 4.78 is 40.2. The second-order valence-electron chi connectivity index (χ2n) is 4.91. The maximum absolute atomic E-state index is 13.4. The summed E-state index contributed by atoms with van der Waals surface area (Å²) in [6, 6.07) is 14.7. The Bertz CT molecular complexity index is 764. The highest BCUT2D eigenvalue weighted by molar-refractivity contribution is 5.90. The second kappa shape index (κ2) is 5.67. The summed E-state index contributed by atoms with van der Waals surface area (Å²) in [5.41, 5.74) is 1.06. The van der Waals surface area contributed by atoms with Gasteiger partial charge in [0, 0.05) is 11.6 Å². The van der Waals surface area contributed by atoms with E-state index in [0.717, 1.165) is 5.39 Å². The fourth-order valence-electron chi connectivity index (χ4n) is 2.38. The quantitative estimate of drug-likeness (QED) is 0.740. The van der Waals surface area contributed by atoms with E-state index >= 15 is 0 Å². The van der Waals surface area contributed by atoms with Gasteiger partial charge in [-0.3, -0.25) is 4.98 Å². The van der Waals surface area contributed by atoms with Crippen LogP contribution in [0.1, 0.15) is 11.6 Å². The van der Waals surface area contributed by atoms with Gasteiger partial charge in [-0.2, -0.15) is 13.2 Å². The Morgan fingerprint density at radius 2 is 1.59 bits per heavy atom. The molecule has 1 aromatic heterocycles. The maximum Gasteiger partial charge on any atom is 0.412 e. The summed E-state index contributed by atoms with van der Waals surface area (Å²) in [4.78, 5) is 4.18. The van der Waals surface area contributed by atoms with Crippen LogP contribution in [-0.4, -0.2) is 11.2 Å². The van der Waals surface area contributed by atoms with Crippen molar-refractivity contribution in [2.24, 2.45) is 0 Å². The summed E-state index contributed by atoms with van der Waals surface area (Å²) in [6.07, 6.45) is -2.84. The fourth-order valence-corrected chi connectivity index (χ4v) is 2.38. The molecule has 1 N–H and O–H groups in total. The highest BCUT2D eigenvalue weighted by Gasteiger charge is 2.41. The Balaban J connectivity index is 2.03. The van der Waals surface area contributed by atoms with E-state index in [9.17, 15) is 13.2 Å². The van der Waals surface area contributed by atoms with Crippen LogP contribution in [-0.2, 0) is 0 Å². The van der Waals surface area contributed by atoms with Crippen molar-refractivity contribution in [1.29, 1.82) is 0 Å². The van der Waals surface area contributed by atoms with E-state index < -0.39 is 12.2 Å². The lowest BCUT2D eigenvalue weighted by Gasteiger charge is -2.23. The van der Waals surface area contributed by atoms with Crippen LogP contribution < -0.4 is 5.32 Å². The third kappa shape index (κ3) is 2.88. The van der Waals surface area contributed by atoms with E-state index in [2.05, 4.69) is 10.3 Å². The molecule has 0 amide bonds. The number of hydrogen-bond donors (Lipinski definition) is 1. The Morgan fingerprint density at radius 1 is 0.864 bits per heavy atom. The monoisotopic (exact) mass is 302 g/mol. The zero-order chi connectivity index (χ0) is 15.6. The van der Waals surface area contributed by atoms with Crippen molar-refractivity contribution in [1.82, 2.24) is 4.98 Å². The van der Waals surface area contributed by atoms with Gasteiger partial charge in [0.2, 0.25) is 0 Å². The molecule has 3 aromatic rings. The molecule has 0 saturated heterocycles. The molecule has 0 aliphatic carbocycles. The van der Waals surface area contributed by atoms with Gasteiger partial charge in [0.25, 0.3) is 0 Å². The number of fused-ring (bicyclic) bond motifs is 1. The highest BCUT2D eigenvalue weighted by Crippen LogP contribution is 2.36. The Labute approximate surface area is 125 Å². The number of pyridine rings is 1. The molecule has 22 heavy (non-hydrogen) atoms. The molecular weight excluding hydrogens is 289 g/mol. The average molecular weight is 302 g/mol. The first-order valence-electron chi connectivity index (χ1n) is 6.77. The highest BCUT2D eigenvalue weighted by atomic mass is 19.4. The van der Waals surface area contributed by atoms with Crippen LogP contribution >= 0.6 is 0 Å². The first-order valence-corrected chi connectivity index (χ1v) is 6.77. The van der Waals surface area contributed by atoms with Gasteiger partial charge in [-0.05, 0) is 17.7 Å². The summed E-state index contributed by atoms with van der Waals surface area (Å²) in [5.74, 6) is 0. The van der Waals surface area contributed by atoms with Crippen LogP contribution in [0, 0.1) is 0 Å². The minimum Gasteiger partial charge on any atom is -0.369 e.